The normalized spacial score (nSPS) is 11.2. The summed E-state index contributed by atoms with van der Waals surface area (Å²) in [7, 11) is 0. The molecule has 0 aliphatic rings. The monoisotopic (exact) mass is 356 g/mol. The van der Waals surface area contributed by atoms with Gasteiger partial charge in [-0.25, -0.2) is 4.68 Å². The molecule has 3 aromatic rings. The molecule has 0 atom stereocenters. The van der Waals surface area contributed by atoms with Gasteiger partial charge >= 0.3 is 0 Å². The van der Waals surface area contributed by atoms with Crippen LogP contribution < -0.4 is 10.1 Å². The van der Waals surface area contributed by atoms with E-state index in [0.29, 0.717) is 10.7 Å². The second-order valence-electron chi connectivity index (χ2n) is 5.87. The van der Waals surface area contributed by atoms with E-state index in [2.05, 4.69) is 15.4 Å². The van der Waals surface area contributed by atoms with Crippen LogP contribution in [0.1, 0.15) is 13.8 Å². The van der Waals surface area contributed by atoms with Crippen LogP contribution in [0.5, 0.6) is 5.88 Å². The lowest BCUT2D eigenvalue weighted by Crippen LogP contribution is -2.42. The van der Waals surface area contributed by atoms with E-state index in [1.165, 1.54) is 0 Å². The third-order valence-corrected chi connectivity index (χ3v) is 3.74. The molecular formula is C18H17ClN4O2. The number of para-hydroxylation sites is 1. The van der Waals surface area contributed by atoms with Crippen molar-refractivity contribution in [3.63, 3.8) is 0 Å². The minimum Gasteiger partial charge on any atom is -0.459 e. The van der Waals surface area contributed by atoms with Crippen molar-refractivity contribution in [3.8, 4) is 11.6 Å². The summed E-state index contributed by atoms with van der Waals surface area (Å²) in [5.41, 5.74) is 0.261. The van der Waals surface area contributed by atoms with Crippen LogP contribution in [0.25, 0.3) is 5.69 Å². The number of halogens is 1. The third-order valence-electron chi connectivity index (χ3n) is 3.48. The van der Waals surface area contributed by atoms with E-state index in [1.54, 1.807) is 49.3 Å². The topological polar surface area (TPSA) is 69.0 Å². The molecule has 2 aromatic heterocycles. The lowest BCUT2D eigenvalue weighted by Gasteiger charge is -2.24. The van der Waals surface area contributed by atoms with Gasteiger partial charge in [-0.1, -0.05) is 29.8 Å². The van der Waals surface area contributed by atoms with Gasteiger partial charge in [0, 0.05) is 6.20 Å². The van der Waals surface area contributed by atoms with Crippen LogP contribution in [0.3, 0.4) is 0 Å². The number of carbonyl (C=O) groups is 1. The van der Waals surface area contributed by atoms with Gasteiger partial charge in [-0.2, -0.15) is 0 Å². The molecular weight excluding hydrogens is 340 g/mol. The Hall–Kier alpha value is -2.86. The van der Waals surface area contributed by atoms with Gasteiger partial charge in [0.15, 0.2) is 5.60 Å². The highest BCUT2D eigenvalue weighted by Crippen LogP contribution is 2.28. The summed E-state index contributed by atoms with van der Waals surface area (Å²) >= 11 is 6.22. The summed E-state index contributed by atoms with van der Waals surface area (Å²) in [6, 6.07) is 13.0. The van der Waals surface area contributed by atoms with Gasteiger partial charge in [0.2, 0.25) is 0 Å². The van der Waals surface area contributed by atoms with Crippen LogP contribution in [0, 0.1) is 0 Å². The highest BCUT2D eigenvalue weighted by Gasteiger charge is 2.32. The SMILES string of the molecule is CC(C)(Oc1nn(-c2ccccc2)cc1Cl)C(=O)Nc1cccnc1. The maximum Gasteiger partial charge on any atom is 0.268 e. The van der Waals surface area contributed by atoms with Crippen molar-refractivity contribution in [2.75, 3.05) is 5.32 Å². The first-order valence-electron chi connectivity index (χ1n) is 7.67. The number of rotatable bonds is 5. The predicted molar refractivity (Wildman–Crippen MR) is 96.1 cm³/mol. The Morgan fingerprint density at radius 3 is 2.64 bits per heavy atom. The highest BCUT2D eigenvalue weighted by atomic mass is 35.5. The molecule has 0 bridgehead atoms. The minimum absolute atomic E-state index is 0.192. The molecule has 25 heavy (non-hydrogen) atoms. The molecule has 0 spiro atoms. The number of hydrogen-bond acceptors (Lipinski definition) is 4. The van der Waals surface area contributed by atoms with Gasteiger partial charge in [-0.05, 0) is 38.1 Å². The number of amides is 1. The summed E-state index contributed by atoms with van der Waals surface area (Å²) < 4.78 is 7.38. The van der Waals surface area contributed by atoms with Gasteiger partial charge in [-0.15, -0.1) is 5.10 Å². The van der Waals surface area contributed by atoms with Crippen molar-refractivity contribution in [3.05, 3.63) is 66.1 Å². The molecule has 0 fully saturated rings. The van der Waals surface area contributed by atoms with Crippen molar-refractivity contribution in [2.45, 2.75) is 19.4 Å². The van der Waals surface area contributed by atoms with Gasteiger partial charge < -0.3 is 10.1 Å². The highest BCUT2D eigenvalue weighted by molar-refractivity contribution is 6.31. The van der Waals surface area contributed by atoms with Crippen molar-refractivity contribution >= 4 is 23.2 Å². The number of nitrogens with zero attached hydrogens (tertiary/aromatic N) is 3. The zero-order valence-electron chi connectivity index (χ0n) is 13.8. The second kappa shape index (κ2) is 6.94. The molecule has 3 rings (SSSR count). The Balaban J connectivity index is 1.76. The van der Waals surface area contributed by atoms with E-state index in [9.17, 15) is 4.79 Å². The van der Waals surface area contributed by atoms with Gasteiger partial charge in [-0.3, -0.25) is 9.78 Å². The molecule has 0 aliphatic carbocycles. The van der Waals surface area contributed by atoms with Crippen LogP contribution in [0.15, 0.2) is 61.1 Å². The average Bonchev–Trinajstić information content (AvgIpc) is 2.97. The Kier molecular flexibility index (Phi) is 4.72. The maximum atomic E-state index is 12.5. The lowest BCUT2D eigenvalue weighted by atomic mass is 10.1. The summed E-state index contributed by atoms with van der Waals surface area (Å²) in [5, 5.41) is 7.41. The fourth-order valence-corrected chi connectivity index (χ4v) is 2.29. The minimum atomic E-state index is -1.17. The summed E-state index contributed by atoms with van der Waals surface area (Å²) in [6.45, 7) is 3.30. The molecule has 0 saturated carbocycles. The fourth-order valence-electron chi connectivity index (χ4n) is 2.13. The fraction of sp³-hybridized carbons (Fsp3) is 0.167. The third kappa shape index (κ3) is 3.97. The zero-order valence-corrected chi connectivity index (χ0v) is 14.6. The number of carbonyl (C=O) groups excluding carboxylic acids is 1. The first kappa shape index (κ1) is 17.0. The molecule has 2 heterocycles. The summed E-state index contributed by atoms with van der Waals surface area (Å²) in [5.74, 6) is -0.136. The van der Waals surface area contributed by atoms with E-state index in [4.69, 9.17) is 16.3 Å². The number of benzene rings is 1. The van der Waals surface area contributed by atoms with Crippen LogP contribution in [-0.2, 0) is 4.79 Å². The predicted octanol–water partition coefficient (Wildman–Crippen LogP) is 3.72. The van der Waals surface area contributed by atoms with Gasteiger partial charge in [0.05, 0.1) is 23.8 Å². The zero-order chi connectivity index (χ0) is 17.9. The molecule has 0 saturated heterocycles. The molecule has 0 radical (unpaired) electrons. The van der Waals surface area contributed by atoms with Gasteiger partial charge in [0.25, 0.3) is 11.8 Å². The van der Waals surface area contributed by atoms with Crippen molar-refractivity contribution in [1.29, 1.82) is 0 Å². The van der Waals surface area contributed by atoms with Crippen LogP contribution in [0.4, 0.5) is 5.69 Å². The Bertz CT molecular complexity index is 863. The van der Waals surface area contributed by atoms with Gasteiger partial charge in [0.1, 0.15) is 5.02 Å². The molecule has 1 N–H and O–H groups in total. The summed E-state index contributed by atoms with van der Waals surface area (Å²) in [6.07, 6.45) is 4.83. The Morgan fingerprint density at radius 1 is 1.20 bits per heavy atom. The number of hydrogen-bond donors (Lipinski definition) is 1. The Morgan fingerprint density at radius 2 is 1.96 bits per heavy atom. The molecule has 0 unspecified atom stereocenters. The quantitative estimate of drug-likeness (QED) is 0.756. The van der Waals surface area contributed by atoms with Crippen molar-refractivity contribution in [2.24, 2.45) is 0 Å². The number of pyridine rings is 1. The molecule has 128 valence electrons. The largest absolute Gasteiger partial charge is 0.459 e. The average molecular weight is 357 g/mol. The number of aromatic nitrogens is 3. The first-order valence-corrected chi connectivity index (χ1v) is 8.04. The first-order chi connectivity index (χ1) is 12.0. The molecule has 6 nitrogen and oxygen atoms in total. The van der Waals surface area contributed by atoms with E-state index < -0.39 is 5.60 Å². The number of nitrogens with one attached hydrogen (secondary N) is 1. The van der Waals surface area contributed by atoms with E-state index in [-0.39, 0.29) is 11.8 Å². The molecule has 0 aliphatic heterocycles. The van der Waals surface area contributed by atoms with Crippen LogP contribution in [0.2, 0.25) is 5.02 Å². The maximum absolute atomic E-state index is 12.5. The van der Waals surface area contributed by atoms with E-state index in [0.717, 1.165) is 5.69 Å². The number of ether oxygens (including phenoxy) is 1. The van der Waals surface area contributed by atoms with E-state index in [1.807, 2.05) is 30.3 Å². The lowest BCUT2D eigenvalue weighted by molar-refractivity contribution is -0.128. The van der Waals surface area contributed by atoms with Crippen LogP contribution in [-0.4, -0.2) is 26.3 Å². The molecule has 7 heteroatoms. The second-order valence-corrected chi connectivity index (χ2v) is 6.28. The van der Waals surface area contributed by atoms with Crippen LogP contribution >= 0.6 is 11.6 Å². The van der Waals surface area contributed by atoms with Crippen molar-refractivity contribution < 1.29 is 9.53 Å². The smallest absolute Gasteiger partial charge is 0.268 e. The molecule has 1 amide bonds. The molecule has 1 aromatic carbocycles. The standard InChI is InChI=1S/C18H17ClN4O2/c1-18(2,17(24)21-13-7-6-10-20-11-13)25-16-15(19)12-23(22-16)14-8-4-3-5-9-14/h3-12H,1-2H3,(H,21,24). The van der Waals surface area contributed by atoms with Crippen molar-refractivity contribution in [1.82, 2.24) is 14.8 Å². The Labute approximate surface area is 150 Å². The van der Waals surface area contributed by atoms with E-state index >= 15 is 0 Å². The number of anilines is 1. The summed E-state index contributed by atoms with van der Waals surface area (Å²) in [4.78, 5) is 16.4.